The highest BCUT2D eigenvalue weighted by molar-refractivity contribution is 6.33. The summed E-state index contributed by atoms with van der Waals surface area (Å²) in [6.07, 6.45) is 3.46. The van der Waals surface area contributed by atoms with E-state index in [-0.39, 0.29) is 10.6 Å². The van der Waals surface area contributed by atoms with Crippen molar-refractivity contribution >= 4 is 29.2 Å². The molecule has 17 heavy (non-hydrogen) atoms. The van der Waals surface area contributed by atoms with Crippen molar-refractivity contribution in [2.45, 2.75) is 0 Å². The Labute approximate surface area is 103 Å². The number of halogens is 1. The third-order valence-corrected chi connectivity index (χ3v) is 2.59. The number of nitrogens with one attached hydrogen (secondary N) is 1. The van der Waals surface area contributed by atoms with Crippen molar-refractivity contribution in [1.82, 2.24) is 9.55 Å². The molecule has 1 aromatic carbocycles. The van der Waals surface area contributed by atoms with E-state index in [9.17, 15) is 4.79 Å². The van der Waals surface area contributed by atoms with E-state index in [0.29, 0.717) is 11.6 Å². The summed E-state index contributed by atoms with van der Waals surface area (Å²) in [7, 11) is 1.85. The number of benzene rings is 1. The summed E-state index contributed by atoms with van der Waals surface area (Å²) in [6, 6.07) is 4.65. The smallest absolute Gasteiger partial charge is 0.337 e. The third-order valence-electron chi connectivity index (χ3n) is 2.28. The summed E-state index contributed by atoms with van der Waals surface area (Å²) in [5.74, 6) is -0.386. The molecule has 0 spiro atoms. The van der Waals surface area contributed by atoms with E-state index in [1.807, 2.05) is 7.05 Å². The van der Waals surface area contributed by atoms with Crippen LogP contribution in [0.2, 0.25) is 5.02 Å². The molecule has 0 aliphatic carbocycles. The molecule has 0 aliphatic heterocycles. The van der Waals surface area contributed by atoms with Gasteiger partial charge in [-0.25, -0.2) is 9.78 Å². The molecule has 0 fully saturated rings. The Morgan fingerprint density at radius 1 is 1.53 bits per heavy atom. The number of nitrogens with zero attached hydrogens (tertiary/aromatic N) is 2. The Hall–Kier alpha value is -2.01. The number of anilines is 2. The van der Waals surface area contributed by atoms with Crippen molar-refractivity contribution in [3.8, 4) is 0 Å². The van der Waals surface area contributed by atoms with Crippen LogP contribution >= 0.6 is 11.6 Å². The maximum absolute atomic E-state index is 10.8. The van der Waals surface area contributed by atoms with Crippen LogP contribution in [0.1, 0.15) is 10.4 Å². The average molecular weight is 252 g/mol. The molecule has 0 saturated heterocycles. The molecule has 0 bridgehead atoms. The van der Waals surface area contributed by atoms with Gasteiger partial charge in [-0.2, -0.15) is 0 Å². The van der Waals surface area contributed by atoms with Gasteiger partial charge in [0.2, 0.25) is 5.95 Å². The summed E-state index contributed by atoms with van der Waals surface area (Å²) in [5, 5.41) is 12.1. The van der Waals surface area contributed by atoms with Gasteiger partial charge in [-0.3, -0.25) is 0 Å². The number of carboxylic acids is 1. The Bertz CT molecular complexity index is 566. The number of aryl methyl sites for hydroxylation is 1. The second-order valence-corrected chi connectivity index (χ2v) is 3.89. The van der Waals surface area contributed by atoms with Crippen LogP contribution in [0.3, 0.4) is 0 Å². The van der Waals surface area contributed by atoms with Crippen LogP contribution in [-0.2, 0) is 7.05 Å². The molecule has 1 heterocycles. The summed E-state index contributed by atoms with van der Waals surface area (Å²) in [5.41, 5.74) is 0.770. The van der Waals surface area contributed by atoms with Gasteiger partial charge in [0, 0.05) is 25.1 Å². The number of carboxylic acid groups (broad SMARTS) is 1. The number of carbonyl (C=O) groups is 1. The van der Waals surface area contributed by atoms with Gasteiger partial charge in [0.25, 0.3) is 0 Å². The van der Waals surface area contributed by atoms with Crippen molar-refractivity contribution in [1.29, 1.82) is 0 Å². The normalized spacial score (nSPS) is 10.2. The van der Waals surface area contributed by atoms with E-state index < -0.39 is 5.97 Å². The number of imidazole rings is 1. The van der Waals surface area contributed by atoms with Gasteiger partial charge in [-0.05, 0) is 18.2 Å². The minimum Gasteiger partial charge on any atom is -0.478 e. The van der Waals surface area contributed by atoms with E-state index >= 15 is 0 Å². The summed E-state index contributed by atoms with van der Waals surface area (Å²) in [6.45, 7) is 0. The summed E-state index contributed by atoms with van der Waals surface area (Å²) >= 11 is 5.86. The van der Waals surface area contributed by atoms with Gasteiger partial charge in [0.05, 0.1) is 10.6 Å². The van der Waals surface area contributed by atoms with Crippen LogP contribution in [0.15, 0.2) is 30.6 Å². The molecule has 88 valence electrons. The van der Waals surface area contributed by atoms with Crippen LogP contribution in [-0.4, -0.2) is 20.6 Å². The lowest BCUT2D eigenvalue weighted by Crippen LogP contribution is -2.01. The number of aromatic carboxylic acids is 1. The standard InChI is InChI=1S/C11H10ClN3O2/c1-15-5-4-13-11(15)14-7-2-3-8(10(16)17)9(12)6-7/h2-6H,1H3,(H,13,14)(H,16,17). The predicted molar refractivity (Wildman–Crippen MR) is 64.9 cm³/mol. The van der Waals surface area contributed by atoms with Gasteiger partial charge in [0.15, 0.2) is 0 Å². The molecule has 5 nitrogen and oxygen atoms in total. The highest BCUT2D eigenvalue weighted by Crippen LogP contribution is 2.23. The van der Waals surface area contributed by atoms with Gasteiger partial charge < -0.3 is 15.0 Å². The van der Waals surface area contributed by atoms with E-state index in [2.05, 4.69) is 10.3 Å². The Kier molecular flexibility index (Phi) is 3.01. The molecule has 2 aromatic rings. The SMILES string of the molecule is Cn1ccnc1Nc1ccc(C(=O)O)c(Cl)c1. The van der Waals surface area contributed by atoms with Crippen LogP contribution in [0.25, 0.3) is 0 Å². The van der Waals surface area contributed by atoms with Crippen molar-refractivity contribution in [3.63, 3.8) is 0 Å². The Morgan fingerprint density at radius 2 is 2.29 bits per heavy atom. The van der Waals surface area contributed by atoms with Crippen molar-refractivity contribution in [2.24, 2.45) is 7.05 Å². The highest BCUT2D eigenvalue weighted by atomic mass is 35.5. The second-order valence-electron chi connectivity index (χ2n) is 3.49. The fourth-order valence-electron chi connectivity index (χ4n) is 1.38. The molecule has 0 amide bonds. The van der Waals surface area contributed by atoms with E-state index in [0.717, 1.165) is 0 Å². The van der Waals surface area contributed by atoms with Crippen LogP contribution in [0.5, 0.6) is 0 Å². The minimum atomic E-state index is -1.04. The fraction of sp³-hybridized carbons (Fsp3) is 0.0909. The van der Waals surface area contributed by atoms with Gasteiger partial charge >= 0.3 is 5.97 Å². The van der Waals surface area contributed by atoms with Crippen molar-refractivity contribution < 1.29 is 9.90 Å². The number of rotatable bonds is 3. The molecule has 0 atom stereocenters. The first-order valence-corrected chi connectivity index (χ1v) is 5.23. The van der Waals surface area contributed by atoms with Crippen LogP contribution in [0, 0.1) is 0 Å². The predicted octanol–water partition coefficient (Wildman–Crippen LogP) is 2.52. The zero-order chi connectivity index (χ0) is 12.4. The van der Waals surface area contributed by atoms with Crippen molar-refractivity contribution in [2.75, 3.05) is 5.32 Å². The lowest BCUT2D eigenvalue weighted by atomic mass is 10.2. The molecule has 2 rings (SSSR count). The first-order valence-electron chi connectivity index (χ1n) is 4.85. The topological polar surface area (TPSA) is 67.2 Å². The molecular weight excluding hydrogens is 242 g/mol. The number of aromatic nitrogens is 2. The Balaban J connectivity index is 2.27. The zero-order valence-electron chi connectivity index (χ0n) is 9.01. The van der Waals surface area contributed by atoms with Gasteiger partial charge in [-0.15, -0.1) is 0 Å². The molecular formula is C11H10ClN3O2. The molecule has 0 aliphatic rings. The monoisotopic (exact) mass is 251 g/mol. The van der Waals surface area contributed by atoms with Gasteiger partial charge in [-0.1, -0.05) is 11.6 Å². The summed E-state index contributed by atoms with van der Waals surface area (Å²) < 4.78 is 1.80. The second kappa shape index (κ2) is 4.47. The Morgan fingerprint density at radius 3 is 2.82 bits per heavy atom. The van der Waals surface area contributed by atoms with Crippen LogP contribution < -0.4 is 5.32 Å². The van der Waals surface area contributed by atoms with E-state index in [4.69, 9.17) is 16.7 Å². The lowest BCUT2D eigenvalue weighted by molar-refractivity contribution is 0.0697. The minimum absolute atomic E-state index is 0.0806. The quantitative estimate of drug-likeness (QED) is 0.880. The lowest BCUT2D eigenvalue weighted by Gasteiger charge is -2.07. The average Bonchev–Trinajstić information content (AvgIpc) is 2.64. The molecule has 1 aromatic heterocycles. The maximum atomic E-state index is 10.8. The maximum Gasteiger partial charge on any atom is 0.337 e. The molecule has 0 saturated carbocycles. The van der Waals surface area contributed by atoms with Gasteiger partial charge in [0.1, 0.15) is 0 Å². The first-order chi connectivity index (χ1) is 8.08. The number of hydrogen-bond donors (Lipinski definition) is 2. The number of hydrogen-bond acceptors (Lipinski definition) is 3. The van der Waals surface area contributed by atoms with E-state index in [1.54, 1.807) is 29.1 Å². The molecule has 6 heteroatoms. The van der Waals surface area contributed by atoms with Crippen LogP contribution in [0.4, 0.5) is 11.6 Å². The third kappa shape index (κ3) is 2.39. The summed E-state index contributed by atoms with van der Waals surface area (Å²) in [4.78, 5) is 14.9. The molecule has 2 N–H and O–H groups in total. The molecule has 0 unspecified atom stereocenters. The first kappa shape index (κ1) is 11.5. The fourth-order valence-corrected chi connectivity index (χ4v) is 1.64. The largest absolute Gasteiger partial charge is 0.478 e. The highest BCUT2D eigenvalue weighted by Gasteiger charge is 2.09. The molecule has 0 radical (unpaired) electrons. The van der Waals surface area contributed by atoms with E-state index in [1.165, 1.54) is 6.07 Å². The van der Waals surface area contributed by atoms with Crippen molar-refractivity contribution in [3.05, 3.63) is 41.2 Å². The zero-order valence-corrected chi connectivity index (χ0v) is 9.77.